The van der Waals surface area contributed by atoms with E-state index in [9.17, 15) is 8.42 Å². The first-order valence-corrected chi connectivity index (χ1v) is 6.28. The monoisotopic (exact) mass is 226 g/mol. The Kier molecular flexibility index (Phi) is 7.08. The number of hydrogen-bond donors (Lipinski definition) is 2. The molecule has 2 N–H and O–H groups in total. The fourth-order valence-corrected chi connectivity index (χ4v) is 1.91. The summed E-state index contributed by atoms with van der Waals surface area (Å²) in [5, 5.41) is 8.49. The third-order valence-electron chi connectivity index (χ3n) is 1.84. The van der Waals surface area contributed by atoms with Gasteiger partial charge >= 0.3 is 0 Å². The van der Waals surface area contributed by atoms with Gasteiger partial charge in [-0.1, -0.05) is 26.2 Å². The topological polar surface area (TPSA) is 83.8 Å². The van der Waals surface area contributed by atoms with E-state index in [-0.39, 0.29) is 0 Å². The molecule has 5 nitrogen and oxygen atoms in total. The number of hydrogen-bond acceptors (Lipinski definition) is 4. The van der Waals surface area contributed by atoms with E-state index in [4.69, 9.17) is 14.4 Å². The summed E-state index contributed by atoms with van der Waals surface area (Å²) in [6.45, 7) is 1.51. The molecule has 0 saturated carbocycles. The Morgan fingerprint density at radius 1 is 1.36 bits per heavy atom. The highest BCUT2D eigenvalue weighted by Crippen LogP contribution is 2.08. The molecule has 0 aromatic carbocycles. The second kappa shape index (κ2) is 7.17. The van der Waals surface area contributed by atoms with E-state index in [1.54, 1.807) is 0 Å². The molecule has 0 radical (unpaired) electrons. The van der Waals surface area contributed by atoms with Gasteiger partial charge in [0.15, 0.2) is 0 Å². The zero-order valence-corrected chi connectivity index (χ0v) is 9.16. The Morgan fingerprint density at radius 2 is 2.00 bits per heavy atom. The zero-order valence-electron chi connectivity index (χ0n) is 8.35. The molecule has 0 rings (SSSR count). The highest BCUT2D eigenvalue weighted by molar-refractivity contribution is 7.85. The number of aliphatic hydroxyl groups excluding tert-OH is 1. The van der Waals surface area contributed by atoms with Gasteiger partial charge in [-0.2, -0.15) is 8.42 Å². The molecule has 0 aromatic rings. The van der Waals surface area contributed by atoms with Gasteiger partial charge in [0.1, 0.15) is 12.5 Å². The predicted molar refractivity (Wildman–Crippen MR) is 52.5 cm³/mol. The van der Waals surface area contributed by atoms with Crippen molar-refractivity contribution in [3.8, 4) is 0 Å². The fourth-order valence-electron chi connectivity index (χ4n) is 1.18. The summed E-state index contributed by atoms with van der Waals surface area (Å²) in [5.74, 6) is -0.447. The molecule has 14 heavy (non-hydrogen) atoms. The van der Waals surface area contributed by atoms with Gasteiger partial charge in [0.05, 0.1) is 6.10 Å². The standard InChI is InChI=1S/C8H18O5S/c1-2-3-4-5-8(13-7-9)6-14(10,11)12/h8-9H,2-7H2,1H3,(H,10,11,12). The maximum atomic E-state index is 10.5. The second-order valence-electron chi connectivity index (χ2n) is 3.16. The molecule has 0 heterocycles. The van der Waals surface area contributed by atoms with Gasteiger partial charge in [0.2, 0.25) is 0 Å². The van der Waals surface area contributed by atoms with Gasteiger partial charge in [-0.05, 0) is 6.42 Å². The lowest BCUT2D eigenvalue weighted by atomic mass is 10.1. The van der Waals surface area contributed by atoms with Crippen LogP contribution in [0, 0.1) is 0 Å². The van der Waals surface area contributed by atoms with Crippen LogP contribution in [0.2, 0.25) is 0 Å². The number of unbranched alkanes of at least 4 members (excludes halogenated alkanes) is 2. The second-order valence-corrected chi connectivity index (χ2v) is 4.66. The number of aliphatic hydroxyl groups is 1. The van der Waals surface area contributed by atoms with Gasteiger partial charge < -0.3 is 9.84 Å². The highest BCUT2D eigenvalue weighted by Gasteiger charge is 2.16. The van der Waals surface area contributed by atoms with Crippen molar-refractivity contribution in [2.45, 2.75) is 38.7 Å². The molecule has 0 spiro atoms. The summed E-state index contributed by atoms with van der Waals surface area (Å²) < 4.78 is 34.4. The van der Waals surface area contributed by atoms with Gasteiger partial charge in [-0.3, -0.25) is 4.55 Å². The molecule has 0 aliphatic carbocycles. The number of ether oxygens (including phenoxy) is 1. The summed E-state index contributed by atoms with van der Waals surface area (Å²) >= 11 is 0. The minimum absolute atomic E-state index is 0.447. The molecule has 0 fully saturated rings. The predicted octanol–water partition coefficient (Wildman–Crippen LogP) is 0.789. The maximum Gasteiger partial charge on any atom is 0.267 e. The molecule has 1 unspecified atom stereocenters. The molecule has 0 amide bonds. The van der Waals surface area contributed by atoms with Crippen molar-refractivity contribution in [3.63, 3.8) is 0 Å². The summed E-state index contributed by atoms with van der Waals surface area (Å²) in [7, 11) is -4.02. The van der Waals surface area contributed by atoms with Crippen LogP contribution >= 0.6 is 0 Å². The first-order valence-electron chi connectivity index (χ1n) is 4.67. The van der Waals surface area contributed by atoms with E-state index in [1.165, 1.54) is 0 Å². The van der Waals surface area contributed by atoms with Gasteiger partial charge in [-0.25, -0.2) is 0 Å². The molecule has 6 heteroatoms. The summed E-state index contributed by atoms with van der Waals surface area (Å²) in [4.78, 5) is 0. The Balaban J connectivity index is 3.89. The van der Waals surface area contributed by atoms with Gasteiger partial charge in [-0.15, -0.1) is 0 Å². The van der Waals surface area contributed by atoms with Crippen LogP contribution in [0.3, 0.4) is 0 Å². The molecule has 0 aliphatic rings. The van der Waals surface area contributed by atoms with Crippen LogP contribution < -0.4 is 0 Å². The van der Waals surface area contributed by atoms with Crippen LogP contribution in [0.15, 0.2) is 0 Å². The quantitative estimate of drug-likeness (QED) is 0.363. The molecular formula is C8H18O5S. The van der Waals surface area contributed by atoms with Crippen molar-refractivity contribution in [2.75, 3.05) is 12.5 Å². The largest absolute Gasteiger partial charge is 0.371 e. The van der Waals surface area contributed by atoms with Crippen LogP contribution in [-0.4, -0.2) is 36.7 Å². The van der Waals surface area contributed by atoms with Crippen LogP contribution in [0.25, 0.3) is 0 Å². The number of rotatable bonds is 8. The Hall–Kier alpha value is -0.170. The Morgan fingerprint density at radius 3 is 2.43 bits per heavy atom. The van der Waals surface area contributed by atoms with Crippen LogP contribution in [-0.2, 0) is 14.9 Å². The SMILES string of the molecule is CCCCCC(CS(=O)(=O)O)OCO. The Bertz CT molecular complexity index is 224. The van der Waals surface area contributed by atoms with Crippen LogP contribution in [0.5, 0.6) is 0 Å². The first-order chi connectivity index (χ1) is 6.49. The van der Waals surface area contributed by atoms with Crippen molar-refractivity contribution in [3.05, 3.63) is 0 Å². The van der Waals surface area contributed by atoms with E-state index in [1.807, 2.05) is 6.92 Å². The smallest absolute Gasteiger partial charge is 0.267 e. The zero-order chi connectivity index (χ0) is 11.0. The molecule has 1 atom stereocenters. The van der Waals surface area contributed by atoms with E-state index < -0.39 is 28.8 Å². The molecule has 86 valence electrons. The van der Waals surface area contributed by atoms with E-state index in [0.717, 1.165) is 19.3 Å². The lowest BCUT2D eigenvalue weighted by Gasteiger charge is -2.14. The van der Waals surface area contributed by atoms with Crippen molar-refractivity contribution in [1.29, 1.82) is 0 Å². The van der Waals surface area contributed by atoms with Crippen molar-refractivity contribution in [1.82, 2.24) is 0 Å². The fraction of sp³-hybridized carbons (Fsp3) is 1.00. The van der Waals surface area contributed by atoms with Crippen LogP contribution in [0.1, 0.15) is 32.6 Å². The third kappa shape index (κ3) is 8.43. The maximum absolute atomic E-state index is 10.5. The summed E-state index contributed by atoms with van der Waals surface area (Å²) in [6, 6.07) is 0. The minimum Gasteiger partial charge on any atom is -0.371 e. The van der Waals surface area contributed by atoms with E-state index in [2.05, 4.69) is 0 Å². The molecule has 0 aromatic heterocycles. The summed E-state index contributed by atoms with van der Waals surface area (Å²) in [5.41, 5.74) is 0. The minimum atomic E-state index is -4.02. The van der Waals surface area contributed by atoms with E-state index >= 15 is 0 Å². The first kappa shape index (κ1) is 13.8. The van der Waals surface area contributed by atoms with Gasteiger partial charge in [0, 0.05) is 0 Å². The lowest BCUT2D eigenvalue weighted by molar-refractivity contribution is -0.0446. The van der Waals surface area contributed by atoms with Crippen LogP contribution in [0.4, 0.5) is 0 Å². The summed E-state index contributed by atoms with van der Waals surface area (Å²) in [6.07, 6.45) is 2.76. The molecule has 0 aliphatic heterocycles. The average molecular weight is 226 g/mol. The van der Waals surface area contributed by atoms with Gasteiger partial charge in [0.25, 0.3) is 10.1 Å². The normalized spacial score (nSPS) is 14.2. The third-order valence-corrected chi connectivity index (χ3v) is 2.63. The average Bonchev–Trinajstić information content (AvgIpc) is 2.02. The van der Waals surface area contributed by atoms with E-state index in [0.29, 0.717) is 6.42 Å². The lowest BCUT2D eigenvalue weighted by Crippen LogP contribution is -2.24. The van der Waals surface area contributed by atoms with Crippen molar-refractivity contribution in [2.24, 2.45) is 0 Å². The molecule has 0 bridgehead atoms. The highest BCUT2D eigenvalue weighted by atomic mass is 32.2. The molecular weight excluding hydrogens is 208 g/mol. The van der Waals surface area contributed by atoms with Crippen molar-refractivity contribution >= 4 is 10.1 Å². The van der Waals surface area contributed by atoms with Crippen molar-refractivity contribution < 1.29 is 22.8 Å². The molecule has 0 saturated heterocycles. The Labute approximate surface area is 84.8 Å².